The second-order valence-electron chi connectivity index (χ2n) is 1.16. The zero-order valence-corrected chi connectivity index (χ0v) is 4.20. The zero-order chi connectivity index (χ0) is 4.28. The third-order valence-electron chi connectivity index (χ3n) is 0.288. The maximum atomic E-state index is 5.22. The molecule has 0 aromatic carbocycles. The Balaban J connectivity index is 2.54. The summed E-state index contributed by atoms with van der Waals surface area (Å²) >= 11 is 3.89. The van der Waals surface area contributed by atoms with E-state index in [0.29, 0.717) is 0 Å². The lowest BCUT2D eigenvalue weighted by molar-refractivity contribution is 1.10. The Labute approximate surface area is 39.8 Å². The Morgan fingerprint density at radius 1 is 2.00 bits per heavy atom. The average molecular weight is 86.0 g/mol. The van der Waals surface area contributed by atoms with Crippen LogP contribution in [0.3, 0.4) is 0 Å². The minimum Gasteiger partial charge on any atom is -0.180 e. The van der Waals surface area contributed by atoms with Crippen LogP contribution in [0.15, 0.2) is 0 Å². The Kier molecular flexibility index (Phi) is 2.86. The van der Waals surface area contributed by atoms with Crippen LogP contribution in [0.1, 0.15) is 6.92 Å². The van der Waals surface area contributed by atoms with Crippen LogP contribution in [0, 0.1) is 0 Å². The van der Waals surface area contributed by atoms with Gasteiger partial charge in [0, 0.05) is 0 Å². The van der Waals surface area contributed by atoms with Crippen molar-refractivity contribution in [2.24, 2.45) is 0 Å². The summed E-state index contributed by atoms with van der Waals surface area (Å²) in [6.07, 6.45) is 0. The largest absolute Gasteiger partial charge is 0.180 e. The fourth-order valence-corrected chi connectivity index (χ4v) is 0. The maximum absolute atomic E-state index is 5.22. The Morgan fingerprint density at radius 2 is 2.20 bits per heavy atom. The van der Waals surface area contributed by atoms with Crippen LogP contribution >= 0.6 is 12.6 Å². The SMILES string of the molecule is [B]C(C)CS. The number of thiol groups is 1. The molecule has 0 saturated carbocycles. The molecule has 0 heterocycles. The molecule has 5 heavy (non-hydrogen) atoms. The average Bonchev–Trinajstić information content (AvgIpc) is 1.38. The van der Waals surface area contributed by atoms with Crippen molar-refractivity contribution in [3.63, 3.8) is 0 Å². The van der Waals surface area contributed by atoms with E-state index in [1.54, 1.807) is 0 Å². The smallest absolute Gasteiger partial charge is 0.0706 e. The Bertz CT molecular complexity index is 20.9. The van der Waals surface area contributed by atoms with Gasteiger partial charge in [0.1, 0.15) is 0 Å². The first-order valence-electron chi connectivity index (χ1n) is 1.64. The number of hydrogen-bond acceptors (Lipinski definition) is 1. The minimum atomic E-state index is 0.248. The van der Waals surface area contributed by atoms with E-state index in [0.717, 1.165) is 5.75 Å². The van der Waals surface area contributed by atoms with E-state index in [-0.39, 0.29) is 5.82 Å². The van der Waals surface area contributed by atoms with Gasteiger partial charge in [-0.05, 0) is 5.75 Å². The molecule has 0 N–H and O–H groups in total. The molecule has 1 atom stereocenters. The fraction of sp³-hybridized carbons (Fsp3) is 1.00. The van der Waals surface area contributed by atoms with Crippen LogP contribution in [0.4, 0.5) is 0 Å². The molecule has 0 saturated heterocycles. The summed E-state index contributed by atoms with van der Waals surface area (Å²) in [6.45, 7) is 1.92. The summed E-state index contributed by atoms with van der Waals surface area (Å²) < 4.78 is 0. The molecule has 0 aliphatic heterocycles. The van der Waals surface area contributed by atoms with Gasteiger partial charge in [0.25, 0.3) is 0 Å². The fourth-order valence-electron chi connectivity index (χ4n) is 0. The van der Waals surface area contributed by atoms with E-state index in [9.17, 15) is 0 Å². The van der Waals surface area contributed by atoms with E-state index in [1.807, 2.05) is 6.92 Å². The summed E-state index contributed by atoms with van der Waals surface area (Å²) in [5.41, 5.74) is 0. The first kappa shape index (κ1) is 5.41. The first-order chi connectivity index (χ1) is 2.27. The summed E-state index contributed by atoms with van der Waals surface area (Å²) in [5.74, 6) is 1.03. The van der Waals surface area contributed by atoms with Crippen LogP contribution in [0.5, 0.6) is 0 Å². The molecular formula is C3H7BS. The van der Waals surface area contributed by atoms with Crippen LogP contribution < -0.4 is 0 Å². The molecule has 0 fully saturated rings. The van der Waals surface area contributed by atoms with Crippen molar-refractivity contribution in [1.82, 2.24) is 0 Å². The molecule has 0 aliphatic rings. The summed E-state index contributed by atoms with van der Waals surface area (Å²) in [6, 6.07) is 0. The van der Waals surface area contributed by atoms with Crippen molar-refractivity contribution < 1.29 is 0 Å². The zero-order valence-electron chi connectivity index (χ0n) is 3.31. The van der Waals surface area contributed by atoms with Crippen molar-refractivity contribution in [2.75, 3.05) is 5.75 Å². The normalized spacial score (nSPS) is 14.8. The van der Waals surface area contributed by atoms with Crippen molar-refractivity contribution in [3.05, 3.63) is 0 Å². The monoisotopic (exact) mass is 86.0 g/mol. The molecule has 0 bridgehead atoms. The molecule has 0 nitrogen and oxygen atoms in total. The van der Waals surface area contributed by atoms with Crippen LogP contribution in [0.2, 0.25) is 5.82 Å². The molecular weight excluding hydrogens is 78.9 g/mol. The van der Waals surface area contributed by atoms with Crippen LogP contribution in [-0.2, 0) is 0 Å². The third-order valence-corrected chi connectivity index (χ3v) is 0.864. The highest BCUT2D eigenvalue weighted by molar-refractivity contribution is 7.80. The molecule has 1 unspecified atom stereocenters. The maximum Gasteiger partial charge on any atom is 0.0706 e. The first-order valence-corrected chi connectivity index (χ1v) is 2.27. The van der Waals surface area contributed by atoms with Gasteiger partial charge in [-0.1, -0.05) is 12.7 Å². The van der Waals surface area contributed by atoms with E-state index >= 15 is 0 Å². The van der Waals surface area contributed by atoms with Crippen molar-refractivity contribution in [1.29, 1.82) is 0 Å². The van der Waals surface area contributed by atoms with Gasteiger partial charge in [-0.25, -0.2) is 0 Å². The third kappa shape index (κ3) is 4.41. The number of hydrogen-bond donors (Lipinski definition) is 1. The summed E-state index contributed by atoms with van der Waals surface area (Å²) in [5, 5.41) is 0. The van der Waals surface area contributed by atoms with Gasteiger partial charge in [0.05, 0.1) is 7.85 Å². The minimum absolute atomic E-state index is 0.248. The molecule has 0 spiro atoms. The molecule has 2 radical (unpaired) electrons. The van der Waals surface area contributed by atoms with Crippen LogP contribution in [-0.4, -0.2) is 13.6 Å². The highest BCUT2D eigenvalue weighted by Crippen LogP contribution is 1.94. The number of rotatable bonds is 1. The lowest BCUT2D eigenvalue weighted by Crippen LogP contribution is -1.82. The van der Waals surface area contributed by atoms with Gasteiger partial charge in [-0.15, -0.1) is 0 Å². The molecule has 0 aromatic heterocycles. The molecule has 0 rings (SSSR count). The van der Waals surface area contributed by atoms with Gasteiger partial charge < -0.3 is 0 Å². The van der Waals surface area contributed by atoms with E-state index in [1.165, 1.54) is 0 Å². The van der Waals surface area contributed by atoms with E-state index in [2.05, 4.69) is 12.6 Å². The lowest BCUT2D eigenvalue weighted by atomic mass is 9.92. The lowest BCUT2D eigenvalue weighted by Gasteiger charge is -1.90. The van der Waals surface area contributed by atoms with Gasteiger partial charge >= 0.3 is 0 Å². The topological polar surface area (TPSA) is 0 Å². The predicted octanol–water partition coefficient (Wildman–Crippen LogP) is 0.893. The van der Waals surface area contributed by atoms with E-state index in [4.69, 9.17) is 7.85 Å². The standard InChI is InChI=1S/C3H7BS/c1-3(4)2-5/h3,5H,2H2,1H3. The Morgan fingerprint density at radius 3 is 2.20 bits per heavy atom. The van der Waals surface area contributed by atoms with Crippen LogP contribution in [0.25, 0.3) is 0 Å². The molecule has 2 heteroatoms. The second-order valence-corrected chi connectivity index (χ2v) is 1.53. The quantitative estimate of drug-likeness (QED) is 0.355. The summed E-state index contributed by atoms with van der Waals surface area (Å²) in [7, 11) is 5.22. The molecule has 28 valence electrons. The van der Waals surface area contributed by atoms with Gasteiger partial charge in [-0.3, -0.25) is 0 Å². The second kappa shape index (κ2) is 2.64. The Hall–Kier alpha value is 0.415. The van der Waals surface area contributed by atoms with Gasteiger partial charge in [0.15, 0.2) is 0 Å². The molecule has 0 aliphatic carbocycles. The highest BCUT2D eigenvalue weighted by atomic mass is 32.1. The van der Waals surface area contributed by atoms with Crippen molar-refractivity contribution in [3.8, 4) is 0 Å². The predicted molar refractivity (Wildman–Crippen MR) is 29.0 cm³/mol. The molecule has 0 amide bonds. The van der Waals surface area contributed by atoms with Crippen molar-refractivity contribution >= 4 is 20.5 Å². The van der Waals surface area contributed by atoms with E-state index < -0.39 is 0 Å². The van der Waals surface area contributed by atoms with Gasteiger partial charge in [0.2, 0.25) is 0 Å². The molecule has 0 aromatic rings. The highest BCUT2D eigenvalue weighted by Gasteiger charge is 1.80. The van der Waals surface area contributed by atoms with Gasteiger partial charge in [-0.2, -0.15) is 12.6 Å². The summed E-state index contributed by atoms with van der Waals surface area (Å²) in [4.78, 5) is 0. The van der Waals surface area contributed by atoms with Crippen molar-refractivity contribution in [2.45, 2.75) is 12.7 Å².